The Kier molecular flexibility index (Phi) is 4.17. The summed E-state index contributed by atoms with van der Waals surface area (Å²) in [6.45, 7) is 1.86. The van der Waals surface area contributed by atoms with E-state index in [0.717, 1.165) is 11.3 Å². The van der Waals surface area contributed by atoms with Crippen LogP contribution in [-0.2, 0) is 0 Å². The van der Waals surface area contributed by atoms with Gasteiger partial charge in [-0.15, -0.1) is 16.9 Å². The van der Waals surface area contributed by atoms with Gasteiger partial charge in [0, 0.05) is 4.90 Å². The summed E-state index contributed by atoms with van der Waals surface area (Å²) >= 11 is 1.70. The average molecular weight is 222 g/mol. The van der Waals surface area contributed by atoms with Crippen LogP contribution < -0.4 is 11.5 Å². The lowest BCUT2D eigenvalue weighted by Crippen LogP contribution is -2.22. The number of rotatable bonds is 3. The average Bonchev–Trinajstić information content (AvgIpc) is 2.26. The van der Waals surface area contributed by atoms with Crippen molar-refractivity contribution in [2.75, 3.05) is 6.26 Å². The molecule has 0 aliphatic heterocycles. The lowest BCUT2D eigenvalue weighted by Gasteiger charge is -2.00. The van der Waals surface area contributed by atoms with E-state index in [1.165, 1.54) is 4.90 Å². The van der Waals surface area contributed by atoms with Crippen LogP contribution in [0.5, 0.6) is 0 Å². The molecule has 4 nitrogen and oxygen atoms in total. The summed E-state index contributed by atoms with van der Waals surface area (Å²) in [5, 5.41) is 7.50. The molecular weight excluding hydrogens is 208 g/mol. The summed E-state index contributed by atoms with van der Waals surface area (Å²) < 4.78 is 0. The normalized spacial score (nSPS) is 11.2. The summed E-state index contributed by atoms with van der Waals surface area (Å²) in [4.78, 5) is 1.22. The molecule has 0 unspecified atom stereocenters. The van der Waals surface area contributed by atoms with Gasteiger partial charge in [0.25, 0.3) is 0 Å². The standard InChI is InChI=1S/C10H14N4S/c1-7(13-14-10(11)12)8-3-5-9(15-2)6-4-8/h3-6H,1-2H3,(H4,11,12,14). The van der Waals surface area contributed by atoms with E-state index in [1.807, 2.05) is 37.4 Å². The Morgan fingerprint density at radius 2 is 1.73 bits per heavy atom. The van der Waals surface area contributed by atoms with E-state index in [1.54, 1.807) is 11.8 Å². The fourth-order valence-electron chi connectivity index (χ4n) is 1.02. The summed E-state index contributed by atoms with van der Waals surface area (Å²) in [5.74, 6) is -0.0323. The van der Waals surface area contributed by atoms with Crippen molar-refractivity contribution < 1.29 is 0 Å². The minimum Gasteiger partial charge on any atom is -0.369 e. The molecule has 1 rings (SSSR count). The van der Waals surface area contributed by atoms with Gasteiger partial charge in [0.15, 0.2) is 0 Å². The van der Waals surface area contributed by atoms with Gasteiger partial charge in [0.2, 0.25) is 5.96 Å². The molecule has 1 aromatic carbocycles. The maximum atomic E-state index is 5.18. The van der Waals surface area contributed by atoms with Crippen LogP contribution >= 0.6 is 11.8 Å². The van der Waals surface area contributed by atoms with Crippen molar-refractivity contribution >= 4 is 23.4 Å². The monoisotopic (exact) mass is 222 g/mol. The van der Waals surface area contributed by atoms with Gasteiger partial charge in [-0.3, -0.25) is 0 Å². The van der Waals surface area contributed by atoms with Crippen molar-refractivity contribution in [3.63, 3.8) is 0 Å². The predicted molar refractivity (Wildman–Crippen MR) is 66.2 cm³/mol. The van der Waals surface area contributed by atoms with Crippen molar-refractivity contribution in [3.05, 3.63) is 29.8 Å². The SMILES string of the molecule is CSc1ccc(C(C)=NN=C(N)N)cc1. The lowest BCUT2D eigenvalue weighted by atomic mass is 10.1. The van der Waals surface area contributed by atoms with Crippen LogP contribution in [0.25, 0.3) is 0 Å². The molecule has 0 heterocycles. The summed E-state index contributed by atoms with van der Waals surface area (Å²) in [6, 6.07) is 8.06. The molecule has 0 saturated heterocycles. The molecule has 15 heavy (non-hydrogen) atoms. The van der Waals surface area contributed by atoms with Crippen LogP contribution in [0.4, 0.5) is 0 Å². The zero-order valence-corrected chi connectivity index (χ0v) is 9.58. The first-order chi connectivity index (χ1) is 7.13. The highest BCUT2D eigenvalue weighted by Crippen LogP contribution is 2.15. The third-order valence-electron chi connectivity index (χ3n) is 1.82. The quantitative estimate of drug-likeness (QED) is 0.351. The Labute approximate surface area is 93.5 Å². The summed E-state index contributed by atoms with van der Waals surface area (Å²) in [6.07, 6.45) is 2.04. The highest BCUT2D eigenvalue weighted by molar-refractivity contribution is 7.98. The fourth-order valence-corrected chi connectivity index (χ4v) is 1.43. The second kappa shape index (κ2) is 5.41. The molecule has 4 N–H and O–H groups in total. The van der Waals surface area contributed by atoms with Crippen molar-refractivity contribution in [2.45, 2.75) is 11.8 Å². The molecule has 0 saturated carbocycles. The highest BCUT2D eigenvalue weighted by atomic mass is 32.2. The molecule has 0 aliphatic rings. The zero-order chi connectivity index (χ0) is 11.3. The Morgan fingerprint density at radius 1 is 1.13 bits per heavy atom. The van der Waals surface area contributed by atoms with Gasteiger partial charge in [-0.1, -0.05) is 12.1 Å². The van der Waals surface area contributed by atoms with Gasteiger partial charge in [-0.05, 0) is 30.9 Å². The zero-order valence-electron chi connectivity index (χ0n) is 8.77. The first-order valence-corrected chi connectivity index (χ1v) is 5.63. The van der Waals surface area contributed by atoms with Crippen molar-refractivity contribution in [3.8, 4) is 0 Å². The topological polar surface area (TPSA) is 76.8 Å². The third kappa shape index (κ3) is 3.63. The molecule has 0 atom stereocenters. The molecule has 80 valence electrons. The van der Waals surface area contributed by atoms with Crippen LogP contribution in [0.2, 0.25) is 0 Å². The molecule has 0 bridgehead atoms. The first kappa shape index (κ1) is 11.6. The van der Waals surface area contributed by atoms with Crippen LogP contribution in [0.15, 0.2) is 39.4 Å². The Bertz CT molecular complexity index is 377. The van der Waals surface area contributed by atoms with E-state index >= 15 is 0 Å². The molecular formula is C10H14N4S. The van der Waals surface area contributed by atoms with Crippen molar-refractivity contribution in [1.82, 2.24) is 0 Å². The Hall–Kier alpha value is -1.49. The Morgan fingerprint density at radius 3 is 2.20 bits per heavy atom. The molecule has 0 spiro atoms. The van der Waals surface area contributed by atoms with Gasteiger partial charge in [0.05, 0.1) is 5.71 Å². The number of hydrogen-bond acceptors (Lipinski definition) is 3. The van der Waals surface area contributed by atoms with Crippen LogP contribution in [0.1, 0.15) is 12.5 Å². The molecule has 5 heteroatoms. The highest BCUT2D eigenvalue weighted by Gasteiger charge is 1.97. The minimum absolute atomic E-state index is 0.0323. The molecule has 1 aromatic rings. The van der Waals surface area contributed by atoms with E-state index in [9.17, 15) is 0 Å². The van der Waals surface area contributed by atoms with Crippen LogP contribution in [-0.4, -0.2) is 17.9 Å². The lowest BCUT2D eigenvalue weighted by molar-refractivity contribution is 1.19. The van der Waals surface area contributed by atoms with Crippen LogP contribution in [0.3, 0.4) is 0 Å². The van der Waals surface area contributed by atoms with E-state index in [4.69, 9.17) is 11.5 Å². The van der Waals surface area contributed by atoms with E-state index in [0.29, 0.717) is 0 Å². The van der Waals surface area contributed by atoms with E-state index in [2.05, 4.69) is 10.2 Å². The second-order valence-electron chi connectivity index (χ2n) is 2.94. The summed E-state index contributed by atoms with van der Waals surface area (Å²) in [7, 11) is 0. The number of nitrogens with zero attached hydrogens (tertiary/aromatic N) is 2. The summed E-state index contributed by atoms with van der Waals surface area (Å²) in [5.41, 5.74) is 12.2. The maximum Gasteiger partial charge on any atom is 0.211 e. The second-order valence-corrected chi connectivity index (χ2v) is 3.82. The van der Waals surface area contributed by atoms with Gasteiger partial charge in [-0.25, -0.2) is 0 Å². The number of benzene rings is 1. The van der Waals surface area contributed by atoms with Gasteiger partial charge in [-0.2, -0.15) is 5.10 Å². The molecule has 0 aliphatic carbocycles. The number of hydrogen-bond donors (Lipinski definition) is 2. The van der Waals surface area contributed by atoms with Crippen molar-refractivity contribution in [2.24, 2.45) is 21.7 Å². The molecule has 0 fully saturated rings. The maximum absolute atomic E-state index is 5.18. The minimum atomic E-state index is -0.0323. The fraction of sp³-hybridized carbons (Fsp3) is 0.200. The van der Waals surface area contributed by atoms with E-state index in [-0.39, 0.29) is 5.96 Å². The number of guanidine groups is 1. The predicted octanol–water partition coefficient (Wildman–Crippen LogP) is 1.41. The largest absolute Gasteiger partial charge is 0.369 e. The van der Waals surface area contributed by atoms with E-state index < -0.39 is 0 Å². The molecule has 0 radical (unpaired) electrons. The van der Waals surface area contributed by atoms with Crippen LogP contribution in [0, 0.1) is 0 Å². The third-order valence-corrected chi connectivity index (χ3v) is 2.57. The molecule has 0 aromatic heterocycles. The van der Waals surface area contributed by atoms with Gasteiger partial charge < -0.3 is 11.5 Å². The number of nitrogens with two attached hydrogens (primary N) is 2. The van der Waals surface area contributed by atoms with Crippen molar-refractivity contribution in [1.29, 1.82) is 0 Å². The Balaban J connectivity index is 2.87. The smallest absolute Gasteiger partial charge is 0.211 e. The first-order valence-electron chi connectivity index (χ1n) is 4.41. The van der Waals surface area contributed by atoms with Gasteiger partial charge in [0.1, 0.15) is 0 Å². The molecule has 0 amide bonds. The number of thioether (sulfide) groups is 1. The van der Waals surface area contributed by atoms with Gasteiger partial charge >= 0.3 is 0 Å².